The molecule has 4 rings (SSSR count). The van der Waals surface area contributed by atoms with Crippen molar-refractivity contribution >= 4 is 17.6 Å². The third kappa shape index (κ3) is 4.84. The summed E-state index contributed by atoms with van der Waals surface area (Å²) >= 11 is 0. The quantitative estimate of drug-likeness (QED) is 0.754. The van der Waals surface area contributed by atoms with Gasteiger partial charge in [0.25, 0.3) is 0 Å². The highest BCUT2D eigenvalue weighted by Gasteiger charge is 2.39. The number of urea groups is 1. The molecule has 2 atom stereocenters. The number of amides is 3. The standard InChI is InChI=1S/C23H24F3N5O2/c1-14-5-7-16(8-6-14)21-19(30-11-3-4-20(30)32)13-31(29-21)22(33)28-15(2)18-10-9-17(12-27-18)23(24,25)26/h5-10,12,15,19H,3-4,11,13H2,1-2H3,(H,28,33)/t15-,19-/m1/s1. The Kier molecular flexibility index (Phi) is 6.09. The molecule has 0 spiro atoms. The maximum atomic E-state index is 12.9. The van der Waals surface area contributed by atoms with Crippen LogP contribution < -0.4 is 5.32 Å². The van der Waals surface area contributed by atoms with Gasteiger partial charge >= 0.3 is 12.2 Å². The van der Waals surface area contributed by atoms with Gasteiger partial charge in [0, 0.05) is 19.2 Å². The number of alkyl halides is 3. The van der Waals surface area contributed by atoms with Gasteiger partial charge in [-0.2, -0.15) is 18.3 Å². The van der Waals surface area contributed by atoms with Gasteiger partial charge in [-0.15, -0.1) is 0 Å². The van der Waals surface area contributed by atoms with Gasteiger partial charge in [-0.25, -0.2) is 9.80 Å². The van der Waals surface area contributed by atoms with E-state index in [9.17, 15) is 22.8 Å². The summed E-state index contributed by atoms with van der Waals surface area (Å²) in [7, 11) is 0. The Balaban J connectivity index is 1.52. The predicted octanol–water partition coefficient (Wildman–Crippen LogP) is 3.89. The van der Waals surface area contributed by atoms with Gasteiger partial charge in [0.05, 0.1) is 35.6 Å². The number of pyridine rings is 1. The minimum atomic E-state index is -4.48. The Morgan fingerprint density at radius 3 is 2.48 bits per heavy atom. The molecule has 2 aliphatic heterocycles. The summed E-state index contributed by atoms with van der Waals surface area (Å²) in [5.41, 5.74) is 2.00. The lowest BCUT2D eigenvalue weighted by atomic mass is 10.0. The zero-order chi connectivity index (χ0) is 23.8. The largest absolute Gasteiger partial charge is 0.417 e. The van der Waals surface area contributed by atoms with E-state index >= 15 is 0 Å². The number of hydrogen-bond donors (Lipinski definition) is 1. The van der Waals surface area contributed by atoms with E-state index < -0.39 is 23.8 Å². The molecule has 0 unspecified atom stereocenters. The summed E-state index contributed by atoms with van der Waals surface area (Å²) in [6.07, 6.45) is -2.49. The minimum Gasteiger partial charge on any atom is -0.332 e. The summed E-state index contributed by atoms with van der Waals surface area (Å²) in [5.74, 6) is 0.0318. The number of aromatic nitrogens is 1. The lowest BCUT2D eigenvalue weighted by Gasteiger charge is -2.25. The molecule has 3 heterocycles. The number of likely N-dealkylation sites (tertiary alicyclic amines) is 1. The number of carbonyl (C=O) groups excluding carboxylic acids is 2. The Morgan fingerprint density at radius 1 is 1.18 bits per heavy atom. The molecule has 33 heavy (non-hydrogen) atoms. The lowest BCUT2D eigenvalue weighted by molar-refractivity contribution is -0.137. The van der Waals surface area contributed by atoms with Crippen molar-refractivity contribution in [1.29, 1.82) is 0 Å². The third-order valence-corrected chi connectivity index (χ3v) is 5.86. The molecule has 2 aliphatic rings. The van der Waals surface area contributed by atoms with Gasteiger partial charge in [-0.3, -0.25) is 9.78 Å². The fourth-order valence-corrected chi connectivity index (χ4v) is 4.00. The molecule has 0 aliphatic carbocycles. The van der Waals surface area contributed by atoms with Crippen LogP contribution in [0, 0.1) is 6.92 Å². The summed E-state index contributed by atoms with van der Waals surface area (Å²) in [5, 5.41) is 8.52. The second-order valence-electron chi connectivity index (χ2n) is 8.28. The highest BCUT2D eigenvalue weighted by Crippen LogP contribution is 2.29. The molecule has 7 nitrogen and oxygen atoms in total. The van der Waals surface area contributed by atoms with E-state index in [1.54, 1.807) is 11.8 Å². The van der Waals surface area contributed by atoms with Gasteiger partial charge in [-0.05, 0) is 38.0 Å². The zero-order valence-corrected chi connectivity index (χ0v) is 18.3. The Bertz CT molecular complexity index is 1070. The third-order valence-electron chi connectivity index (χ3n) is 5.86. The Morgan fingerprint density at radius 2 is 1.91 bits per heavy atom. The first kappa shape index (κ1) is 22.8. The van der Waals surface area contributed by atoms with Crippen LogP contribution in [0.25, 0.3) is 0 Å². The number of nitrogens with one attached hydrogen (secondary N) is 1. The van der Waals surface area contributed by atoms with Gasteiger partial charge in [-0.1, -0.05) is 29.8 Å². The average molecular weight is 459 g/mol. The van der Waals surface area contributed by atoms with Crippen molar-refractivity contribution < 1.29 is 22.8 Å². The maximum absolute atomic E-state index is 12.9. The molecule has 2 aromatic rings. The molecule has 0 radical (unpaired) electrons. The number of aryl methyl sites for hydroxylation is 1. The summed E-state index contributed by atoms with van der Waals surface area (Å²) < 4.78 is 38.3. The van der Waals surface area contributed by atoms with Gasteiger partial charge in [0.2, 0.25) is 5.91 Å². The number of hydrogen-bond acceptors (Lipinski definition) is 4. The van der Waals surface area contributed by atoms with Crippen LogP contribution in [0.15, 0.2) is 47.7 Å². The van der Waals surface area contributed by atoms with E-state index in [-0.39, 0.29) is 18.5 Å². The van der Waals surface area contributed by atoms with E-state index in [1.807, 2.05) is 31.2 Å². The van der Waals surface area contributed by atoms with Crippen LogP contribution in [0.3, 0.4) is 0 Å². The topological polar surface area (TPSA) is 77.9 Å². The van der Waals surface area contributed by atoms with Gasteiger partial charge in [0.15, 0.2) is 0 Å². The van der Waals surface area contributed by atoms with Crippen molar-refractivity contribution in [2.45, 2.75) is 44.9 Å². The number of rotatable bonds is 4. The van der Waals surface area contributed by atoms with E-state index in [1.165, 1.54) is 11.1 Å². The van der Waals surface area contributed by atoms with E-state index in [0.29, 0.717) is 24.4 Å². The minimum absolute atomic E-state index is 0.0318. The normalized spacial score (nSPS) is 19.6. The summed E-state index contributed by atoms with van der Waals surface area (Å²) in [4.78, 5) is 30.9. The van der Waals surface area contributed by atoms with Crippen molar-refractivity contribution in [2.75, 3.05) is 13.1 Å². The molecular formula is C23H24F3N5O2. The molecule has 1 N–H and O–H groups in total. The van der Waals surface area contributed by atoms with Crippen LogP contribution in [0.5, 0.6) is 0 Å². The summed E-state index contributed by atoms with van der Waals surface area (Å²) in [6.45, 7) is 4.41. The molecule has 1 fully saturated rings. The van der Waals surface area contributed by atoms with Crippen molar-refractivity contribution in [3.8, 4) is 0 Å². The molecular weight excluding hydrogens is 435 g/mol. The van der Waals surface area contributed by atoms with E-state index in [0.717, 1.165) is 29.8 Å². The van der Waals surface area contributed by atoms with Gasteiger partial charge in [0.1, 0.15) is 0 Å². The van der Waals surface area contributed by atoms with E-state index in [4.69, 9.17) is 0 Å². The zero-order valence-electron chi connectivity index (χ0n) is 18.3. The van der Waals surface area contributed by atoms with Crippen molar-refractivity contribution in [3.05, 3.63) is 65.0 Å². The molecule has 1 saturated heterocycles. The van der Waals surface area contributed by atoms with Crippen LogP contribution in [0.2, 0.25) is 0 Å². The van der Waals surface area contributed by atoms with Crippen LogP contribution in [-0.4, -0.2) is 51.7 Å². The smallest absolute Gasteiger partial charge is 0.332 e. The average Bonchev–Trinajstić information content (AvgIpc) is 3.40. The van der Waals surface area contributed by atoms with Crippen LogP contribution in [0.1, 0.15) is 48.2 Å². The summed E-state index contributed by atoms with van der Waals surface area (Å²) in [6, 6.07) is 8.40. The molecule has 0 bridgehead atoms. The van der Waals surface area contributed by atoms with Crippen molar-refractivity contribution in [1.82, 2.24) is 20.2 Å². The van der Waals surface area contributed by atoms with E-state index in [2.05, 4.69) is 15.4 Å². The Labute approximate surface area is 189 Å². The van der Waals surface area contributed by atoms with Gasteiger partial charge < -0.3 is 10.2 Å². The number of carbonyl (C=O) groups is 2. The maximum Gasteiger partial charge on any atom is 0.417 e. The molecule has 0 saturated carbocycles. The second-order valence-corrected chi connectivity index (χ2v) is 8.28. The number of halogens is 3. The van der Waals surface area contributed by atoms with Crippen LogP contribution in [-0.2, 0) is 11.0 Å². The molecule has 174 valence electrons. The highest BCUT2D eigenvalue weighted by molar-refractivity contribution is 6.08. The Hall–Kier alpha value is -3.43. The van der Waals surface area contributed by atoms with Crippen molar-refractivity contribution in [3.63, 3.8) is 0 Å². The first-order valence-electron chi connectivity index (χ1n) is 10.7. The fraction of sp³-hybridized carbons (Fsp3) is 0.391. The first-order chi connectivity index (χ1) is 15.6. The van der Waals surface area contributed by atoms with Crippen LogP contribution in [0.4, 0.5) is 18.0 Å². The first-order valence-corrected chi connectivity index (χ1v) is 10.7. The highest BCUT2D eigenvalue weighted by atomic mass is 19.4. The number of benzene rings is 1. The number of nitrogens with zero attached hydrogens (tertiary/aromatic N) is 4. The molecule has 1 aromatic carbocycles. The lowest BCUT2D eigenvalue weighted by Crippen LogP contribution is -2.46. The molecule has 3 amide bonds. The fourth-order valence-electron chi connectivity index (χ4n) is 4.00. The van der Waals surface area contributed by atoms with Crippen LogP contribution >= 0.6 is 0 Å². The monoisotopic (exact) mass is 459 g/mol. The predicted molar refractivity (Wildman–Crippen MR) is 115 cm³/mol. The molecule has 1 aromatic heterocycles. The molecule has 10 heteroatoms. The number of hydrazone groups is 1. The SMILES string of the molecule is Cc1ccc(C2=NN(C(=O)N[C@H](C)c3ccc(C(F)(F)F)cn3)C[C@H]2N2CCCC2=O)cc1. The van der Waals surface area contributed by atoms with Crippen molar-refractivity contribution in [2.24, 2.45) is 5.10 Å². The second kappa shape index (κ2) is 8.84.